The molecular formula is C9H11NO5. The van der Waals surface area contributed by atoms with E-state index in [0.717, 1.165) is 12.2 Å². The van der Waals surface area contributed by atoms with Crippen LogP contribution in [0.25, 0.3) is 0 Å². The second-order valence-corrected chi connectivity index (χ2v) is 2.35. The summed E-state index contributed by atoms with van der Waals surface area (Å²) in [6, 6.07) is 0. The maximum absolute atomic E-state index is 11.1. The molecule has 0 aromatic heterocycles. The van der Waals surface area contributed by atoms with E-state index >= 15 is 0 Å². The summed E-state index contributed by atoms with van der Waals surface area (Å²) in [6.45, 7) is 4.04. The molecule has 82 valence electrons. The predicted molar refractivity (Wildman–Crippen MR) is 50.8 cm³/mol. The molecule has 0 radical (unpaired) electrons. The number of imide groups is 1. The zero-order chi connectivity index (χ0) is 11.8. The molecule has 0 saturated carbocycles. The smallest absolute Gasteiger partial charge is 0.417 e. The van der Waals surface area contributed by atoms with Gasteiger partial charge in [-0.05, 0) is 13.0 Å². The Labute approximate surface area is 86.4 Å². The molecule has 15 heavy (non-hydrogen) atoms. The van der Waals surface area contributed by atoms with E-state index in [1.165, 1.54) is 6.08 Å². The molecule has 0 aromatic rings. The van der Waals surface area contributed by atoms with Crippen molar-refractivity contribution in [1.29, 1.82) is 0 Å². The number of carbonyl (C=O) groups excluding carboxylic acids is 2. The van der Waals surface area contributed by atoms with Crippen LogP contribution in [0.1, 0.15) is 6.92 Å². The molecule has 0 saturated heterocycles. The Kier molecular flexibility index (Phi) is 5.47. The number of amides is 2. The number of hydrogen-bond acceptors (Lipinski definition) is 4. The van der Waals surface area contributed by atoms with Crippen molar-refractivity contribution in [1.82, 2.24) is 4.90 Å². The fourth-order valence-electron chi connectivity index (χ4n) is 0.633. The minimum absolute atomic E-state index is 0.362. The fraction of sp³-hybridized carbons (Fsp3) is 0.222. The van der Waals surface area contributed by atoms with Gasteiger partial charge in [0.2, 0.25) is 0 Å². The molecule has 0 aromatic carbocycles. The van der Waals surface area contributed by atoms with E-state index in [1.807, 2.05) is 0 Å². The van der Waals surface area contributed by atoms with Crippen molar-refractivity contribution in [3.63, 3.8) is 0 Å². The van der Waals surface area contributed by atoms with Crippen LogP contribution in [-0.4, -0.2) is 34.7 Å². The first-order chi connectivity index (χ1) is 7.02. The molecule has 2 amide bonds. The first kappa shape index (κ1) is 12.9. The van der Waals surface area contributed by atoms with Crippen LogP contribution >= 0.6 is 0 Å². The first-order valence-corrected chi connectivity index (χ1v) is 3.99. The van der Waals surface area contributed by atoms with Crippen molar-refractivity contribution in [3.8, 4) is 0 Å². The second-order valence-electron chi connectivity index (χ2n) is 2.35. The third-order valence-electron chi connectivity index (χ3n) is 1.31. The van der Waals surface area contributed by atoms with Gasteiger partial charge in [0.05, 0.1) is 0 Å². The fourth-order valence-corrected chi connectivity index (χ4v) is 0.633. The Morgan fingerprint density at radius 3 is 2.47 bits per heavy atom. The molecule has 0 bridgehead atoms. The van der Waals surface area contributed by atoms with Gasteiger partial charge >= 0.3 is 12.1 Å². The van der Waals surface area contributed by atoms with Crippen molar-refractivity contribution >= 4 is 18.0 Å². The Hall–Kier alpha value is -2.11. The van der Waals surface area contributed by atoms with Crippen molar-refractivity contribution in [2.45, 2.75) is 6.92 Å². The number of carbonyl (C=O) groups is 3. The van der Waals surface area contributed by atoms with Crippen molar-refractivity contribution in [3.05, 3.63) is 24.8 Å². The summed E-state index contributed by atoms with van der Waals surface area (Å²) < 4.78 is 4.42. The van der Waals surface area contributed by atoms with E-state index in [4.69, 9.17) is 5.11 Å². The van der Waals surface area contributed by atoms with Gasteiger partial charge in [-0.25, -0.2) is 14.5 Å². The topological polar surface area (TPSA) is 83.9 Å². The van der Waals surface area contributed by atoms with Crippen LogP contribution < -0.4 is 0 Å². The highest BCUT2D eigenvalue weighted by Crippen LogP contribution is 1.94. The predicted octanol–water partition coefficient (Wildman–Crippen LogP) is 0.756. The molecular weight excluding hydrogens is 202 g/mol. The molecule has 6 nitrogen and oxygen atoms in total. The SMILES string of the molecule is C=CC(=O)OCN(C(=O)O)C(=O)C=CC. The maximum Gasteiger partial charge on any atom is 0.417 e. The van der Waals surface area contributed by atoms with Gasteiger partial charge in [0.25, 0.3) is 5.91 Å². The number of nitrogens with zero attached hydrogens (tertiary/aromatic N) is 1. The zero-order valence-corrected chi connectivity index (χ0v) is 8.17. The van der Waals surface area contributed by atoms with Gasteiger partial charge in [0.1, 0.15) is 0 Å². The van der Waals surface area contributed by atoms with Gasteiger partial charge in [-0.15, -0.1) is 0 Å². The Bertz CT molecular complexity index is 308. The minimum atomic E-state index is -1.49. The minimum Gasteiger partial charge on any atom is -0.465 e. The summed E-state index contributed by atoms with van der Waals surface area (Å²) in [5, 5.41) is 8.61. The Morgan fingerprint density at radius 2 is 2.07 bits per heavy atom. The number of rotatable bonds is 4. The highest BCUT2D eigenvalue weighted by Gasteiger charge is 2.19. The van der Waals surface area contributed by atoms with Crippen LogP contribution in [0.2, 0.25) is 0 Å². The second kappa shape index (κ2) is 6.36. The largest absolute Gasteiger partial charge is 0.465 e. The third kappa shape index (κ3) is 4.61. The van der Waals surface area contributed by atoms with Crippen LogP contribution in [0.4, 0.5) is 4.79 Å². The van der Waals surface area contributed by atoms with Crippen LogP contribution in [0.5, 0.6) is 0 Å². The van der Waals surface area contributed by atoms with E-state index in [-0.39, 0.29) is 0 Å². The van der Waals surface area contributed by atoms with E-state index < -0.39 is 24.7 Å². The highest BCUT2D eigenvalue weighted by atomic mass is 16.5. The van der Waals surface area contributed by atoms with Gasteiger partial charge < -0.3 is 9.84 Å². The molecule has 0 fully saturated rings. The van der Waals surface area contributed by atoms with Gasteiger partial charge in [-0.2, -0.15) is 0 Å². The van der Waals surface area contributed by atoms with Gasteiger partial charge in [0.15, 0.2) is 6.73 Å². The molecule has 0 atom stereocenters. The van der Waals surface area contributed by atoms with Crippen LogP contribution in [-0.2, 0) is 14.3 Å². The summed E-state index contributed by atoms with van der Waals surface area (Å²) in [4.78, 5) is 32.7. The van der Waals surface area contributed by atoms with Crippen LogP contribution in [0, 0.1) is 0 Å². The molecule has 0 heterocycles. The summed E-state index contributed by atoms with van der Waals surface area (Å²) >= 11 is 0. The summed E-state index contributed by atoms with van der Waals surface area (Å²) in [5.74, 6) is -1.57. The van der Waals surface area contributed by atoms with E-state index in [0.29, 0.717) is 4.90 Å². The lowest BCUT2D eigenvalue weighted by atomic mass is 10.4. The average molecular weight is 213 g/mol. The van der Waals surface area contributed by atoms with E-state index in [9.17, 15) is 14.4 Å². The lowest BCUT2D eigenvalue weighted by molar-refractivity contribution is -0.144. The van der Waals surface area contributed by atoms with Gasteiger partial charge in [-0.3, -0.25) is 4.79 Å². The molecule has 6 heteroatoms. The standard InChI is InChI=1S/C9H11NO5/c1-3-5-7(11)10(9(13)14)6-15-8(12)4-2/h3-5H,2,6H2,1H3,(H,13,14). The third-order valence-corrected chi connectivity index (χ3v) is 1.31. The Morgan fingerprint density at radius 1 is 1.47 bits per heavy atom. The summed E-state index contributed by atoms with van der Waals surface area (Å²) in [7, 11) is 0. The normalized spacial score (nSPS) is 9.67. The van der Waals surface area contributed by atoms with Crippen molar-refractivity contribution in [2.24, 2.45) is 0 Å². The van der Waals surface area contributed by atoms with Gasteiger partial charge in [-0.1, -0.05) is 12.7 Å². The molecule has 0 aliphatic carbocycles. The lowest BCUT2D eigenvalue weighted by Gasteiger charge is -2.14. The van der Waals surface area contributed by atoms with Gasteiger partial charge in [0, 0.05) is 6.08 Å². The number of ether oxygens (including phenoxy) is 1. The molecule has 0 unspecified atom stereocenters. The first-order valence-electron chi connectivity index (χ1n) is 3.99. The lowest BCUT2D eigenvalue weighted by Crippen LogP contribution is -2.37. The summed E-state index contributed by atoms with van der Waals surface area (Å²) in [5.41, 5.74) is 0. The summed E-state index contributed by atoms with van der Waals surface area (Å²) in [6.07, 6.45) is 1.82. The molecule has 0 aliphatic heterocycles. The molecule has 0 aliphatic rings. The van der Waals surface area contributed by atoms with Crippen LogP contribution in [0.15, 0.2) is 24.8 Å². The van der Waals surface area contributed by atoms with E-state index in [1.54, 1.807) is 6.92 Å². The zero-order valence-electron chi connectivity index (χ0n) is 8.17. The van der Waals surface area contributed by atoms with Crippen LogP contribution in [0.3, 0.4) is 0 Å². The average Bonchev–Trinajstić information content (AvgIpc) is 2.17. The van der Waals surface area contributed by atoms with Crippen molar-refractivity contribution < 1.29 is 24.2 Å². The number of esters is 1. The van der Waals surface area contributed by atoms with Crippen molar-refractivity contribution in [2.75, 3.05) is 6.73 Å². The number of allylic oxidation sites excluding steroid dienone is 1. The molecule has 1 N–H and O–H groups in total. The number of carboxylic acid groups (broad SMARTS) is 1. The monoisotopic (exact) mass is 213 g/mol. The quantitative estimate of drug-likeness (QED) is 0.423. The Balaban J connectivity index is 4.41. The highest BCUT2D eigenvalue weighted by molar-refractivity contribution is 5.98. The number of hydrogen-bond donors (Lipinski definition) is 1. The van der Waals surface area contributed by atoms with E-state index in [2.05, 4.69) is 11.3 Å². The molecule has 0 rings (SSSR count). The maximum atomic E-state index is 11.1. The molecule has 0 spiro atoms.